The van der Waals surface area contributed by atoms with Crippen LogP contribution in [-0.4, -0.2) is 35.1 Å². The Balaban J connectivity index is 2.05. The molecule has 0 aromatic heterocycles. The summed E-state index contributed by atoms with van der Waals surface area (Å²) in [5, 5.41) is 2.25. The van der Waals surface area contributed by atoms with Gasteiger partial charge in [0, 0.05) is 11.8 Å². The molecule has 0 fully saturated rings. The van der Waals surface area contributed by atoms with Gasteiger partial charge in [0.05, 0.1) is 30.7 Å². The highest BCUT2D eigenvalue weighted by Gasteiger charge is 2.18. The third-order valence-corrected chi connectivity index (χ3v) is 4.98. The van der Waals surface area contributed by atoms with Crippen LogP contribution >= 0.6 is 11.6 Å². The Hall–Kier alpha value is -2.36. The zero-order valence-corrected chi connectivity index (χ0v) is 15.4. The van der Waals surface area contributed by atoms with Crippen LogP contribution in [0.25, 0.3) is 0 Å². The number of methoxy groups -OCH3 is 2. The number of halogens is 2. The predicted molar refractivity (Wildman–Crippen MR) is 94.8 cm³/mol. The second kappa shape index (κ2) is 8.35. The molecule has 0 heterocycles. The van der Waals surface area contributed by atoms with Gasteiger partial charge >= 0.3 is 0 Å². The zero-order chi connectivity index (χ0) is 19.3. The van der Waals surface area contributed by atoms with Crippen LogP contribution in [0.15, 0.2) is 41.3 Å². The first-order valence-electron chi connectivity index (χ1n) is 7.23. The Morgan fingerprint density at radius 2 is 1.81 bits per heavy atom. The Bertz CT molecular complexity index is 921. The van der Waals surface area contributed by atoms with Gasteiger partial charge in [0.25, 0.3) is 0 Å². The summed E-state index contributed by atoms with van der Waals surface area (Å²) in [5.41, 5.74) is 0.242. The number of carbonyl (C=O) groups is 1. The number of ether oxygens (including phenoxy) is 2. The Morgan fingerprint density at radius 1 is 1.12 bits per heavy atom. The molecule has 1 amide bonds. The van der Waals surface area contributed by atoms with E-state index >= 15 is 0 Å². The van der Waals surface area contributed by atoms with Gasteiger partial charge in [-0.3, -0.25) is 4.79 Å². The minimum atomic E-state index is -3.95. The molecule has 0 radical (unpaired) electrons. The molecule has 2 aromatic rings. The second-order valence-electron chi connectivity index (χ2n) is 5.02. The van der Waals surface area contributed by atoms with Crippen molar-refractivity contribution in [2.24, 2.45) is 0 Å². The topological polar surface area (TPSA) is 93.7 Å². The zero-order valence-electron chi connectivity index (χ0n) is 13.9. The fourth-order valence-electron chi connectivity index (χ4n) is 2.01. The van der Waals surface area contributed by atoms with Gasteiger partial charge in [-0.25, -0.2) is 17.5 Å². The Morgan fingerprint density at radius 3 is 2.42 bits per heavy atom. The van der Waals surface area contributed by atoms with Gasteiger partial charge in [-0.1, -0.05) is 11.6 Å². The van der Waals surface area contributed by atoms with Crippen molar-refractivity contribution in [3.8, 4) is 11.5 Å². The number of hydrogen-bond acceptors (Lipinski definition) is 5. The largest absolute Gasteiger partial charge is 0.493 e. The molecule has 2 rings (SSSR count). The maximum Gasteiger partial charge on any atom is 0.241 e. The lowest BCUT2D eigenvalue weighted by Gasteiger charge is -2.11. The Kier molecular flexibility index (Phi) is 6.41. The molecule has 0 bridgehead atoms. The van der Waals surface area contributed by atoms with Crippen molar-refractivity contribution < 1.29 is 27.1 Å². The van der Waals surface area contributed by atoms with Crippen molar-refractivity contribution >= 4 is 33.2 Å². The first kappa shape index (κ1) is 20.0. The van der Waals surface area contributed by atoms with E-state index in [-0.39, 0.29) is 21.4 Å². The van der Waals surface area contributed by atoms with Crippen molar-refractivity contribution in [2.75, 3.05) is 26.1 Å². The molecule has 0 aliphatic heterocycles. The van der Waals surface area contributed by atoms with E-state index in [0.29, 0.717) is 5.75 Å². The third-order valence-electron chi connectivity index (χ3n) is 3.29. The number of amides is 1. The van der Waals surface area contributed by atoms with E-state index in [0.717, 1.165) is 6.07 Å². The number of benzene rings is 2. The normalized spacial score (nSPS) is 11.1. The van der Waals surface area contributed by atoms with Crippen molar-refractivity contribution in [3.63, 3.8) is 0 Å². The molecule has 0 aliphatic rings. The molecule has 0 atom stereocenters. The molecule has 7 nitrogen and oxygen atoms in total. The van der Waals surface area contributed by atoms with Crippen molar-refractivity contribution in [1.29, 1.82) is 0 Å². The first-order chi connectivity index (χ1) is 12.3. The fraction of sp³-hybridized carbons (Fsp3) is 0.188. The van der Waals surface area contributed by atoms with E-state index in [1.54, 1.807) is 0 Å². The summed E-state index contributed by atoms with van der Waals surface area (Å²) in [6.07, 6.45) is 0. The summed E-state index contributed by atoms with van der Waals surface area (Å²) in [6, 6.07) is 7.65. The maximum absolute atomic E-state index is 13.1. The van der Waals surface area contributed by atoms with E-state index in [1.165, 1.54) is 44.6 Å². The number of carbonyl (C=O) groups excluding carboxylic acids is 1. The van der Waals surface area contributed by atoms with Crippen LogP contribution in [0, 0.1) is 5.82 Å². The number of anilines is 1. The van der Waals surface area contributed by atoms with Crippen molar-refractivity contribution in [2.45, 2.75) is 4.90 Å². The summed E-state index contributed by atoms with van der Waals surface area (Å²) < 4.78 is 50.0. The highest BCUT2D eigenvalue weighted by molar-refractivity contribution is 7.89. The minimum Gasteiger partial charge on any atom is -0.493 e. The number of hydrogen-bond donors (Lipinski definition) is 2. The van der Waals surface area contributed by atoms with Gasteiger partial charge in [0.15, 0.2) is 11.5 Å². The molecular formula is C16H16ClFN2O5S. The van der Waals surface area contributed by atoms with E-state index in [1.807, 2.05) is 0 Å². The molecule has 26 heavy (non-hydrogen) atoms. The van der Waals surface area contributed by atoms with Gasteiger partial charge < -0.3 is 14.8 Å². The molecule has 0 aliphatic carbocycles. The molecule has 140 valence electrons. The van der Waals surface area contributed by atoms with E-state index in [2.05, 4.69) is 10.0 Å². The van der Waals surface area contributed by atoms with E-state index in [4.69, 9.17) is 21.1 Å². The summed E-state index contributed by atoms with van der Waals surface area (Å²) in [6.45, 7) is -0.522. The monoisotopic (exact) mass is 402 g/mol. The minimum absolute atomic E-state index is 0.0900. The molecule has 0 unspecified atom stereocenters. The summed E-state index contributed by atoms with van der Waals surface area (Å²) in [4.78, 5) is 11.8. The number of nitrogens with one attached hydrogen (secondary N) is 2. The van der Waals surface area contributed by atoms with Crippen LogP contribution in [0.5, 0.6) is 11.5 Å². The summed E-state index contributed by atoms with van der Waals surface area (Å²) in [5.74, 6) is -0.659. The smallest absolute Gasteiger partial charge is 0.241 e. The van der Waals surface area contributed by atoms with Gasteiger partial charge in [0.1, 0.15) is 5.82 Å². The van der Waals surface area contributed by atoms with Gasteiger partial charge in [0.2, 0.25) is 15.9 Å². The van der Waals surface area contributed by atoms with Gasteiger partial charge in [-0.2, -0.15) is 0 Å². The average molecular weight is 403 g/mol. The first-order valence-corrected chi connectivity index (χ1v) is 9.09. The molecule has 10 heteroatoms. The van der Waals surface area contributed by atoms with E-state index in [9.17, 15) is 17.6 Å². The van der Waals surface area contributed by atoms with E-state index < -0.39 is 28.3 Å². The maximum atomic E-state index is 13.1. The fourth-order valence-corrected chi connectivity index (χ4v) is 3.18. The Labute approximate surface area is 155 Å². The van der Waals surface area contributed by atoms with Crippen LogP contribution in [-0.2, 0) is 14.8 Å². The highest BCUT2D eigenvalue weighted by atomic mass is 35.5. The predicted octanol–water partition coefficient (Wildman–Crippen LogP) is 2.41. The van der Waals surface area contributed by atoms with Crippen molar-refractivity contribution in [3.05, 3.63) is 47.2 Å². The molecule has 0 saturated heterocycles. The van der Waals surface area contributed by atoms with Crippen LogP contribution in [0.4, 0.5) is 10.1 Å². The quantitative estimate of drug-likeness (QED) is 0.741. The van der Waals surface area contributed by atoms with Crippen LogP contribution in [0.2, 0.25) is 5.02 Å². The molecule has 2 N–H and O–H groups in total. The highest BCUT2D eigenvalue weighted by Crippen LogP contribution is 2.29. The lowest BCUT2D eigenvalue weighted by molar-refractivity contribution is -0.115. The lowest BCUT2D eigenvalue weighted by atomic mass is 10.3. The SMILES string of the molecule is COc1ccc(S(=O)(=O)NCC(=O)Nc2ccc(F)c(Cl)c2)cc1OC. The second-order valence-corrected chi connectivity index (χ2v) is 7.19. The van der Waals surface area contributed by atoms with Crippen molar-refractivity contribution in [1.82, 2.24) is 4.72 Å². The molecular weight excluding hydrogens is 387 g/mol. The van der Waals surface area contributed by atoms with Crippen LogP contribution in [0.1, 0.15) is 0 Å². The number of rotatable bonds is 7. The molecule has 0 saturated carbocycles. The van der Waals surface area contributed by atoms with Gasteiger partial charge in [-0.05, 0) is 30.3 Å². The summed E-state index contributed by atoms with van der Waals surface area (Å²) in [7, 11) is -1.15. The standard InChI is InChI=1S/C16H16ClFN2O5S/c1-24-14-6-4-11(8-15(14)25-2)26(22,23)19-9-16(21)20-10-3-5-13(18)12(17)7-10/h3-8,19H,9H2,1-2H3,(H,20,21). The van der Waals surface area contributed by atoms with Gasteiger partial charge in [-0.15, -0.1) is 0 Å². The average Bonchev–Trinajstić information content (AvgIpc) is 2.62. The third kappa shape index (κ3) is 4.84. The van der Waals surface area contributed by atoms with Crippen LogP contribution in [0.3, 0.4) is 0 Å². The molecule has 0 spiro atoms. The number of sulfonamides is 1. The van der Waals surface area contributed by atoms with Crippen LogP contribution < -0.4 is 19.5 Å². The summed E-state index contributed by atoms with van der Waals surface area (Å²) >= 11 is 5.62. The lowest BCUT2D eigenvalue weighted by Crippen LogP contribution is -2.32. The molecule has 2 aromatic carbocycles.